The third kappa shape index (κ3) is 5.29. The van der Waals surface area contributed by atoms with Gasteiger partial charge in [0.1, 0.15) is 11.3 Å². The van der Waals surface area contributed by atoms with Crippen molar-refractivity contribution in [2.45, 2.75) is 19.3 Å². The minimum absolute atomic E-state index is 0.141. The number of hydrogen-bond donors (Lipinski definition) is 1. The average Bonchev–Trinajstić information content (AvgIpc) is 2.65. The van der Waals surface area contributed by atoms with E-state index in [1.807, 2.05) is 24.3 Å². The first-order valence-electron chi connectivity index (χ1n) is 8.97. The number of aromatic nitrogens is 1. The van der Waals surface area contributed by atoms with E-state index in [-0.39, 0.29) is 5.91 Å². The first-order valence-corrected chi connectivity index (χ1v) is 9.76. The summed E-state index contributed by atoms with van der Waals surface area (Å²) in [5.41, 5.74) is 0.457. The second-order valence-electron chi connectivity index (χ2n) is 6.70. The Morgan fingerprint density at radius 2 is 2.00 bits per heavy atom. The number of hydrogen-bond acceptors (Lipinski definition) is 4. The molecule has 1 N–H and O–H groups in total. The van der Waals surface area contributed by atoms with Crippen molar-refractivity contribution in [3.63, 3.8) is 0 Å². The summed E-state index contributed by atoms with van der Waals surface area (Å²) in [6.07, 6.45) is 5.06. The van der Waals surface area contributed by atoms with Crippen LogP contribution in [0.5, 0.6) is 11.6 Å². The molecular weight excluding hydrogens is 394 g/mol. The highest BCUT2D eigenvalue weighted by Gasteiger charge is 2.18. The number of nitrogens with zero attached hydrogens (tertiary/aromatic N) is 2. The average molecular weight is 418 g/mol. The van der Waals surface area contributed by atoms with Crippen LogP contribution < -0.4 is 10.1 Å². The highest BCUT2D eigenvalue weighted by molar-refractivity contribution is 9.10. The number of pyridine rings is 1. The fourth-order valence-corrected chi connectivity index (χ4v) is 3.36. The lowest BCUT2D eigenvalue weighted by molar-refractivity contribution is 0.0946. The molecule has 26 heavy (non-hydrogen) atoms. The molecule has 0 bridgehead atoms. The first kappa shape index (κ1) is 18.9. The van der Waals surface area contributed by atoms with Crippen LogP contribution in [0, 0.1) is 5.92 Å². The van der Waals surface area contributed by atoms with Crippen molar-refractivity contribution >= 4 is 21.8 Å². The normalized spacial score (nSPS) is 15.6. The Morgan fingerprint density at radius 1 is 1.27 bits per heavy atom. The number of piperidine rings is 1. The number of rotatable bonds is 6. The van der Waals surface area contributed by atoms with E-state index in [0.29, 0.717) is 29.7 Å². The Hall–Kier alpha value is -1.92. The van der Waals surface area contributed by atoms with Gasteiger partial charge in [0.2, 0.25) is 5.88 Å². The van der Waals surface area contributed by atoms with Crippen molar-refractivity contribution in [3.8, 4) is 11.6 Å². The number of benzene rings is 1. The number of nitrogens with one attached hydrogen (secondary N) is 1. The standard InChI is InChI=1S/C20H24BrN3O2/c1-24-13-9-15(10-14-24)8-12-22-19(25)18-3-2-11-23-20(18)26-17-6-4-16(21)5-7-17/h2-7,11,15H,8-10,12-14H2,1H3,(H,22,25). The molecule has 1 aliphatic rings. The van der Waals surface area contributed by atoms with Crippen molar-refractivity contribution in [1.29, 1.82) is 0 Å². The molecule has 0 spiro atoms. The molecule has 1 aromatic heterocycles. The highest BCUT2D eigenvalue weighted by Crippen LogP contribution is 2.24. The van der Waals surface area contributed by atoms with E-state index in [9.17, 15) is 4.79 Å². The quantitative estimate of drug-likeness (QED) is 0.768. The summed E-state index contributed by atoms with van der Waals surface area (Å²) in [4.78, 5) is 19.1. The third-order valence-corrected chi connectivity index (χ3v) is 5.25. The van der Waals surface area contributed by atoms with Crippen LogP contribution in [-0.2, 0) is 0 Å². The lowest BCUT2D eigenvalue weighted by Gasteiger charge is -2.28. The maximum atomic E-state index is 12.6. The zero-order chi connectivity index (χ0) is 18.4. The molecule has 1 aliphatic heterocycles. The van der Waals surface area contributed by atoms with Gasteiger partial charge in [0.05, 0.1) is 0 Å². The summed E-state index contributed by atoms with van der Waals surface area (Å²) in [6.45, 7) is 2.97. The monoisotopic (exact) mass is 417 g/mol. The predicted octanol–water partition coefficient (Wildman–Crippen LogP) is 4.10. The summed E-state index contributed by atoms with van der Waals surface area (Å²) in [5.74, 6) is 1.52. The molecule has 1 fully saturated rings. The molecule has 2 heterocycles. The van der Waals surface area contributed by atoms with Gasteiger partial charge >= 0.3 is 0 Å². The molecule has 1 saturated heterocycles. The van der Waals surface area contributed by atoms with Gasteiger partial charge in [0, 0.05) is 17.2 Å². The predicted molar refractivity (Wildman–Crippen MR) is 106 cm³/mol. The van der Waals surface area contributed by atoms with E-state index in [1.165, 1.54) is 12.8 Å². The number of halogens is 1. The van der Waals surface area contributed by atoms with Gasteiger partial charge in [-0.05, 0) is 81.7 Å². The molecule has 3 rings (SSSR count). The van der Waals surface area contributed by atoms with E-state index in [4.69, 9.17) is 4.74 Å². The Labute approximate surface area is 162 Å². The largest absolute Gasteiger partial charge is 0.438 e. The van der Waals surface area contributed by atoms with Crippen molar-refractivity contribution in [1.82, 2.24) is 15.2 Å². The van der Waals surface area contributed by atoms with Crippen LogP contribution >= 0.6 is 15.9 Å². The Bertz CT molecular complexity index is 728. The van der Waals surface area contributed by atoms with Crippen molar-refractivity contribution < 1.29 is 9.53 Å². The molecular formula is C20H24BrN3O2. The number of ether oxygens (including phenoxy) is 1. The van der Waals surface area contributed by atoms with Crippen molar-refractivity contribution in [2.75, 3.05) is 26.7 Å². The zero-order valence-corrected chi connectivity index (χ0v) is 16.5. The van der Waals surface area contributed by atoms with Gasteiger partial charge in [0.15, 0.2) is 0 Å². The molecule has 2 aromatic rings. The highest BCUT2D eigenvalue weighted by atomic mass is 79.9. The molecule has 0 radical (unpaired) electrons. The summed E-state index contributed by atoms with van der Waals surface area (Å²) >= 11 is 3.40. The Morgan fingerprint density at radius 3 is 2.73 bits per heavy atom. The van der Waals surface area contributed by atoms with E-state index in [0.717, 1.165) is 24.0 Å². The second-order valence-corrected chi connectivity index (χ2v) is 7.62. The number of amides is 1. The van der Waals surface area contributed by atoms with E-state index in [1.54, 1.807) is 18.3 Å². The smallest absolute Gasteiger partial charge is 0.256 e. The first-order chi connectivity index (χ1) is 12.6. The van der Waals surface area contributed by atoms with Crippen molar-refractivity contribution in [2.24, 2.45) is 5.92 Å². The Balaban J connectivity index is 1.56. The van der Waals surface area contributed by atoms with Crippen LogP contribution in [0.2, 0.25) is 0 Å². The minimum atomic E-state index is -0.141. The summed E-state index contributed by atoms with van der Waals surface area (Å²) in [7, 11) is 2.16. The molecule has 0 unspecified atom stereocenters. The third-order valence-electron chi connectivity index (χ3n) is 4.72. The molecule has 138 valence electrons. The summed E-state index contributed by atoms with van der Waals surface area (Å²) < 4.78 is 6.77. The maximum absolute atomic E-state index is 12.6. The fourth-order valence-electron chi connectivity index (χ4n) is 3.10. The molecule has 1 amide bonds. The van der Waals surface area contributed by atoms with Gasteiger partial charge in [-0.25, -0.2) is 4.98 Å². The van der Waals surface area contributed by atoms with E-state index >= 15 is 0 Å². The number of carbonyl (C=O) groups excluding carboxylic acids is 1. The SMILES string of the molecule is CN1CCC(CCNC(=O)c2cccnc2Oc2ccc(Br)cc2)CC1. The number of likely N-dealkylation sites (tertiary alicyclic amines) is 1. The Kier molecular flexibility index (Phi) is 6.63. The summed E-state index contributed by atoms with van der Waals surface area (Å²) in [5, 5.41) is 3.01. The van der Waals surface area contributed by atoms with E-state index in [2.05, 4.69) is 38.2 Å². The van der Waals surface area contributed by atoms with Crippen LogP contribution in [-0.4, -0.2) is 42.5 Å². The molecule has 5 nitrogen and oxygen atoms in total. The molecule has 0 atom stereocenters. The van der Waals surface area contributed by atoms with Gasteiger partial charge in [-0.3, -0.25) is 4.79 Å². The molecule has 0 aliphatic carbocycles. The maximum Gasteiger partial charge on any atom is 0.256 e. The summed E-state index contributed by atoms with van der Waals surface area (Å²) in [6, 6.07) is 10.9. The lowest BCUT2D eigenvalue weighted by atomic mass is 9.94. The molecule has 1 aromatic carbocycles. The van der Waals surface area contributed by atoms with Crippen LogP contribution in [0.3, 0.4) is 0 Å². The van der Waals surface area contributed by atoms with Crippen LogP contribution in [0.4, 0.5) is 0 Å². The van der Waals surface area contributed by atoms with Gasteiger partial charge < -0.3 is 15.0 Å². The lowest BCUT2D eigenvalue weighted by Crippen LogP contribution is -2.32. The van der Waals surface area contributed by atoms with Crippen molar-refractivity contribution in [3.05, 3.63) is 52.6 Å². The van der Waals surface area contributed by atoms with Crippen LogP contribution in [0.25, 0.3) is 0 Å². The van der Waals surface area contributed by atoms with Crippen LogP contribution in [0.1, 0.15) is 29.6 Å². The van der Waals surface area contributed by atoms with Gasteiger partial charge in [-0.2, -0.15) is 0 Å². The van der Waals surface area contributed by atoms with E-state index < -0.39 is 0 Å². The molecule has 6 heteroatoms. The van der Waals surface area contributed by atoms with Gasteiger partial charge in [-0.15, -0.1) is 0 Å². The van der Waals surface area contributed by atoms with Gasteiger partial charge in [-0.1, -0.05) is 15.9 Å². The topological polar surface area (TPSA) is 54.5 Å². The van der Waals surface area contributed by atoms with Crippen LogP contribution in [0.15, 0.2) is 47.1 Å². The number of carbonyl (C=O) groups is 1. The molecule has 0 saturated carbocycles. The van der Waals surface area contributed by atoms with Gasteiger partial charge in [0.25, 0.3) is 5.91 Å². The minimum Gasteiger partial charge on any atom is -0.438 e. The fraction of sp³-hybridized carbons (Fsp3) is 0.400. The second kappa shape index (κ2) is 9.14. The zero-order valence-electron chi connectivity index (χ0n) is 15.0.